The fourth-order valence-electron chi connectivity index (χ4n) is 4.00. The highest BCUT2D eigenvalue weighted by Crippen LogP contribution is 2.34. The van der Waals surface area contributed by atoms with Gasteiger partial charge in [0.25, 0.3) is 0 Å². The summed E-state index contributed by atoms with van der Waals surface area (Å²) in [6.07, 6.45) is 0.358. The summed E-state index contributed by atoms with van der Waals surface area (Å²) >= 11 is 0. The smallest absolute Gasteiger partial charge is 0.310 e. The van der Waals surface area contributed by atoms with E-state index in [1.807, 2.05) is 30.3 Å². The van der Waals surface area contributed by atoms with Gasteiger partial charge in [-0.1, -0.05) is 73.7 Å². The normalized spacial score (nSPS) is 10.9. The second-order valence-electron chi connectivity index (χ2n) is 7.69. The van der Waals surface area contributed by atoms with Crippen LogP contribution in [0.4, 0.5) is 0 Å². The van der Waals surface area contributed by atoms with Gasteiger partial charge in [0.05, 0.1) is 11.4 Å². The van der Waals surface area contributed by atoms with Gasteiger partial charge in [-0.3, -0.25) is 4.79 Å². The summed E-state index contributed by atoms with van der Waals surface area (Å²) in [5.41, 5.74) is 5.69. The summed E-state index contributed by atoms with van der Waals surface area (Å²) in [4.78, 5) is 11.6. The van der Waals surface area contributed by atoms with Crippen LogP contribution in [0.15, 0.2) is 109 Å². The van der Waals surface area contributed by atoms with Gasteiger partial charge in [0, 0.05) is 12.1 Å². The Morgan fingerprint density at radius 3 is 2.03 bits per heavy atom. The molecule has 0 radical (unpaired) electrons. The summed E-state index contributed by atoms with van der Waals surface area (Å²) in [6, 6.07) is 37.4. The van der Waals surface area contributed by atoms with Gasteiger partial charge in [-0.15, -0.1) is 0 Å². The molecule has 0 aliphatic carbocycles. The SMILES string of the molecule is CCC(=O)Oc1ccc2cc(-c3ccc(-c4ccccc4)n3-c3ccccc3)ccc2c1. The molecule has 5 aromatic rings. The van der Waals surface area contributed by atoms with Crippen LogP contribution in [0, 0.1) is 0 Å². The number of para-hydroxylation sites is 1. The molecule has 1 heterocycles. The minimum absolute atomic E-state index is 0.227. The van der Waals surface area contributed by atoms with Crippen LogP contribution in [0.1, 0.15) is 13.3 Å². The van der Waals surface area contributed by atoms with Crippen molar-refractivity contribution in [2.75, 3.05) is 0 Å². The van der Waals surface area contributed by atoms with Crippen molar-refractivity contribution in [1.82, 2.24) is 4.57 Å². The second-order valence-corrected chi connectivity index (χ2v) is 7.69. The molecule has 0 unspecified atom stereocenters. The van der Waals surface area contributed by atoms with Crippen LogP contribution < -0.4 is 4.74 Å². The topological polar surface area (TPSA) is 31.2 Å². The van der Waals surface area contributed by atoms with Gasteiger partial charge in [-0.05, 0) is 64.4 Å². The van der Waals surface area contributed by atoms with Crippen molar-refractivity contribution >= 4 is 16.7 Å². The Hall–Kier alpha value is -4.11. The molecule has 0 atom stereocenters. The molecule has 5 rings (SSSR count). The van der Waals surface area contributed by atoms with Crippen molar-refractivity contribution in [3.05, 3.63) is 109 Å². The third kappa shape index (κ3) is 3.81. The number of ether oxygens (including phenoxy) is 1. The summed E-state index contributed by atoms with van der Waals surface area (Å²) in [5, 5.41) is 2.14. The third-order valence-corrected chi connectivity index (χ3v) is 5.59. The molecule has 32 heavy (non-hydrogen) atoms. The maximum atomic E-state index is 11.6. The predicted octanol–water partition coefficient (Wildman–Crippen LogP) is 7.28. The summed E-state index contributed by atoms with van der Waals surface area (Å²) < 4.78 is 7.67. The Bertz CT molecular complexity index is 1390. The largest absolute Gasteiger partial charge is 0.427 e. The predicted molar refractivity (Wildman–Crippen MR) is 130 cm³/mol. The van der Waals surface area contributed by atoms with E-state index in [9.17, 15) is 4.79 Å². The molecular weight excluding hydrogens is 394 g/mol. The van der Waals surface area contributed by atoms with Crippen molar-refractivity contribution in [2.24, 2.45) is 0 Å². The molecule has 156 valence electrons. The molecule has 3 heteroatoms. The molecule has 0 saturated heterocycles. The molecule has 0 N–H and O–H groups in total. The van der Waals surface area contributed by atoms with Crippen molar-refractivity contribution in [3.8, 4) is 34.0 Å². The van der Waals surface area contributed by atoms with Gasteiger partial charge in [-0.2, -0.15) is 0 Å². The van der Waals surface area contributed by atoms with E-state index in [0.29, 0.717) is 12.2 Å². The molecule has 0 saturated carbocycles. The fourth-order valence-corrected chi connectivity index (χ4v) is 4.00. The standard InChI is InChI=1S/C29H23NO2/c1-2-29(31)32-26-16-15-22-19-24(14-13-23(22)20-26)28-18-17-27(21-9-5-3-6-10-21)30(28)25-11-7-4-8-12-25/h3-20H,2H2,1H3. The zero-order valence-electron chi connectivity index (χ0n) is 17.9. The number of benzene rings is 4. The van der Waals surface area contributed by atoms with E-state index in [1.165, 1.54) is 5.56 Å². The minimum Gasteiger partial charge on any atom is -0.427 e. The number of carbonyl (C=O) groups is 1. The molecule has 3 nitrogen and oxygen atoms in total. The summed E-state index contributed by atoms with van der Waals surface area (Å²) in [7, 11) is 0. The number of rotatable bonds is 5. The fraction of sp³-hybridized carbons (Fsp3) is 0.0690. The first kappa shape index (κ1) is 19.8. The molecule has 0 fully saturated rings. The lowest BCUT2D eigenvalue weighted by molar-refractivity contribution is -0.134. The summed E-state index contributed by atoms with van der Waals surface area (Å²) in [5.74, 6) is 0.353. The first-order valence-electron chi connectivity index (χ1n) is 10.8. The minimum atomic E-state index is -0.227. The number of esters is 1. The monoisotopic (exact) mass is 417 g/mol. The Kier molecular flexibility index (Phi) is 5.30. The molecule has 0 bridgehead atoms. The zero-order chi connectivity index (χ0) is 21.9. The highest BCUT2D eigenvalue weighted by atomic mass is 16.5. The number of aromatic nitrogens is 1. The Balaban J connectivity index is 1.62. The number of nitrogens with zero attached hydrogens (tertiary/aromatic N) is 1. The molecule has 0 amide bonds. The molecular formula is C29H23NO2. The summed E-state index contributed by atoms with van der Waals surface area (Å²) in [6.45, 7) is 1.79. The Morgan fingerprint density at radius 2 is 1.31 bits per heavy atom. The van der Waals surface area contributed by atoms with E-state index < -0.39 is 0 Å². The third-order valence-electron chi connectivity index (χ3n) is 5.59. The van der Waals surface area contributed by atoms with Gasteiger partial charge in [-0.25, -0.2) is 0 Å². The van der Waals surface area contributed by atoms with Crippen LogP contribution >= 0.6 is 0 Å². The van der Waals surface area contributed by atoms with Crippen molar-refractivity contribution in [2.45, 2.75) is 13.3 Å². The lowest BCUT2D eigenvalue weighted by Gasteiger charge is -2.15. The van der Waals surface area contributed by atoms with Crippen LogP contribution in [0.2, 0.25) is 0 Å². The molecule has 1 aromatic heterocycles. The lowest BCUT2D eigenvalue weighted by Crippen LogP contribution is -2.05. The highest BCUT2D eigenvalue weighted by Gasteiger charge is 2.14. The highest BCUT2D eigenvalue weighted by molar-refractivity contribution is 5.89. The maximum Gasteiger partial charge on any atom is 0.310 e. The van der Waals surface area contributed by atoms with E-state index in [4.69, 9.17) is 4.74 Å². The average molecular weight is 418 g/mol. The van der Waals surface area contributed by atoms with Crippen LogP contribution in [-0.4, -0.2) is 10.5 Å². The van der Waals surface area contributed by atoms with Crippen molar-refractivity contribution in [1.29, 1.82) is 0 Å². The van der Waals surface area contributed by atoms with Gasteiger partial charge in [0.15, 0.2) is 0 Å². The van der Waals surface area contributed by atoms with Gasteiger partial charge in [0.1, 0.15) is 5.75 Å². The van der Waals surface area contributed by atoms with Gasteiger partial charge < -0.3 is 9.30 Å². The Labute approximate surface area is 187 Å². The van der Waals surface area contributed by atoms with E-state index >= 15 is 0 Å². The van der Waals surface area contributed by atoms with Crippen LogP contribution in [-0.2, 0) is 4.79 Å². The van der Waals surface area contributed by atoms with E-state index in [-0.39, 0.29) is 5.97 Å². The van der Waals surface area contributed by atoms with Crippen molar-refractivity contribution < 1.29 is 9.53 Å². The number of hydrogen-bond acceptors (Lipinski definition) is 2. The van der Waals surface area contributed by atoms with Crippen LogP contribution in [0.3, 0.4) is 0 Å². The number of carbonyl (C=O) groups excluding carboxylic acids is 1. The van der Waals surface area contributed by atoms with Crippen LogP contribution in [0.25, 0.3) is 39.0 Å². The average Bonchev–Trinajstić information content (AvgIpc) is 3.30. The zero-order valence-corrected chi connectivity index (χ0v) is 17.9. The van der Waals surface area contributed by atoms with Gasteiger partial charge in [0.2, 0.25) is 0 Å². The van der Waals surface area contributed by atoms with E-state index in [0.717, 1.165) is 33.4 Å². The van der Waals surface area contributed by atoms with Crippen molar-refractivity contribution in [3.63, 3.8) is 0 Å². The van der Waals surface area contributed by atoms with Gasteiger partial charge >= 0.3 is 5.97 Å². The van der Waals surface area contributed by atoms with Crippen LogP contribution in [0.5, 0.6) is 5.75 Å². The molecule has 0 aliphatic heterocycles. The maximum absolute atomic E-state index is 11.6. The first-order valence-corrected chi connectivity index (χ1v) is 10.8. The molecule has 0 spiro atoms. The number of fused-ring (bicyclic) bond motifs is 1. The number of hydrogen-bond donors (Lipinski definition) is 0. The molecule has 4 aromatic carbocycles. The second kappa shape index (κ2) is 8.56. The Morgan fingerprint density at radius 1 is 0.688 bits per heavy atom. The lowest BCUT2D eigenvalue weighted by atomic mass is 10.0. The quantitative estimate of drug-likeness (QED) is 0.222. The first-order chi connectivity index (χ1) is 15.7. The van der Waals surface area contributed by atoms with E-state index in [2.05, 4.69) is 83.4 Å². The molecule has 0 aliphatic rings. The van der Waals surface area contributed by atoms with E-state index in [1.54, 1.807) is 6.92 Å².